The van der Waals surface area contributed by atoms with E-state index in [4.69, 9.17) is 5.26 Å². The van der Waals surface area contributed by atoms with Crippen LogP contribution in [-0.2, 0) is 0 Å². The van der Waals surface area contributed by atoms with Gasteiger partial charge < -0.3 is 0 Å². The molecule has 0 rings (SSSR count). The van der Waals surface area contributed by atoms with E-state index in [0.29, 0.717) is 5.92 Å². The summed E-state index contributed by atoms with van der Waals surface area (Å²) >= 11 is 0. The minimum Gasteiger partial charge on any atom is -0.198 e. The molecule has 0 aromatic rings. The molecule has 0 saturated heterocycles. The molecule has 0 atom stereocenters. The van der Waals surface area contributed by atoms with Crippen LogP contribution in [-0.4, -0.2) is 0 Å². The Morgan fingerprint density at radius 1 is 1.62 bits per heavy atom. The van der Waals surface area contributed by atoms with Gasteiger partial charge in [0.15, 0.2) is 0 Å². The third kappa shape index (κ3) is 1.97. The molecule has 0 aliphatic heterocycles. The van der Waals surface area contributed by atoms with Crippen LogP contribution in [0, 0.1) is 23.2 Å². The van der Waals surface area contributed by atoms with Crippen molar-refractivity contribution in [2.24, 2.45) is 5.92 Å². The molecule has 1 radical (unpaired) electrons. The first kappa shape index (κ1) is 7.49. The topological polar surface area (TPSA) is 23.8 Å². The highest BCUT2D eigenvalue weighted by molar-refractivity contribution is 5.11. The fourth-order valence-corrected chi connectivity index (χ4v) is 0.616. The quantitative estimate of drug-likeness (QED) is 0.534. The summed E-state index contributed by atoms with van der Waals surface area (Å²) in [6.07, 6.45) is 0.897. The van der Waals surface area contributed by atoms with Crippen molar-refractivity contribution in [2.75, 3.05) is 0 Å². The molecule has 0 N–H and O–H groups in total. The van der Waals surface area contributed by atoms with Crippen LogP contribution in [0.1, 0.15) is 27.2 Å². The third-order valence-electron chi connectivity index (χ3n) is 1.22. The lowest BCUT2D eigenvalue weighted by Gasteiger charge is -2.06. The molecule has 0 aliphatic carbocycles. The van der Waals surface area contributed by atoms with Crippen LogP contribution in [0.4, 0.5) is 0 Å². The summed E-state index contributed by atoms with van der Waals surface area (Å²) in [6.45, 7) is 6.10. The molecule has 0 heterocycles. The molecule has 1 heteroatoms. The molecule has 0 aromatic heterocycles. The predicted molar refractivity (Wildman–Crippen MR) is 34.0 cm³/mol. The Kier molecular flexibility index (Phi) is 3.26. The maximum atomic E-state index is 8.41. The lowest BCUT2D eigenvalue weighted by molar-refractivity contribution is 0.664. The van der Waals surface area contributed by atoms with Gasteiger partial charge in [-0.05, 0) is 12.3 Å². The van der Waals surface area contributed by atoms with E-state index < -0.39 is 0 Å². The van der Waals surface area contributed by atoms with Gasteiger partial charge in [0.1, 0.15) is 0 Å². The molecule has 0 unspecified atom stereocenters. The second-order valence-electron chi connectivity index (χ2n) is 2.15. The summed E-state index contributed by atoms with van der Waals surface area (Å²) in [5.41, 5.74) is 0. The van der Waals surface area contributed by atoms with Crippen molar-refractivity contribution in [3.8, 4) is 6.07 Å². The van der Waals surface area contributed by atoms with Crippen LogP contribution in [0.5, 0.6) is 0 Å². The van der Waals surface area contributed by atoms with Crippen molar-refractivity contribution in [2.45, 2.75) is 27.2 Å². The Hall–Kier alpha value is -0.510. The summed E-state index contributed by atoms with van der Waals surface area (Å²) in [4.78, 5) is 0. The first-order valence-corrected chi connectivity index (χ1v) is 2.98. The zero-order valence-corrected chi connectivity index (χ0v) is 5.73. The Bertz CT molecular complexity index is 89.1. The zero-order valence-electron chi connectivity index (χ0n) is 5.73. The minimum absolute atomic E-state index is 0.435. The standard InChI is InChI=1S/C7H12N/c1-4-7(5-8)6(2)3/h6H,4H2,1-3H3. The van der Waals surface area contributed by atoms with Gasteiger partial charge in [0, 0.05) is 0 Å². The molecular formula is C7H12N. The molecule has 0 spiro atoms. The van der Waals surface area contributed by atoms with Gasteiger partial charge in [-0.3, -0.25) is 0 Å². The van der Waals surface area contributed by atoms with Crippen molar-refractivity contribution in [3.05, 3.63) is 5.92 Å². The normalized spacial score (nSPS) is 10.0. The second kappa shape index (κ2) is 3.49. The number of hydrogen-bond acceptors (Lipinski definition) is 1. The van der Waals surface area contributed by atoms with Crippen molar-refractivity contribution >= 4 is 0 Å². The number of nitriles is 1. The van der Waals surface area contributed by atoms with Crippen LogP contribution in [0.25, 0.3) is 0 Å². The first-order valence-electron chi connectivity index (χ1n) is 2.98. The maximum Gasteiger partial charge on any atom is 0.0782 e. The molecular weight excluding hydrogens is 98.1 g/mol. The predicted octanol–water partition coefficient (Wildman–Crippen LogP) is 2.15. The first-order chi connectivity index (χ1) is 3.72. The van der Waals surface area contributed by atoms with E-state index >= 15 is 0 Å². The van der Waals surface area contributed by atoms with Crippen LogP contribution in [0.3, 0.4) is 0 Å². The monoisotopic (exact) mass is 110 g/mol. The van der Waals surface area contributed by atoms with E-state index in [1.165, 1.54) is 0 Å². The smallest absolute Gasteiger partial charge is 0.0782 e. The number of rotatable bonds is 2. The molecule has 0 aliphatic rings. The summed E-state index contributed by atoms with van der Waals surface area (Å²) in [5.74, 6) is 1.43. The van der Waals surface area contributed by atoms with Crippen molar-refractivity contribution in [1.82, 2.24) is 0 Å². The fourth-order valence-electron chi connectivity index (χ4n) is 0.616. The average Bonchev–Trinajstić information content (AvgIpc) is 1.69. The number of nitrogens with zero attached hydrogens (tertiary/aromatic N) is 1. The van der Waals surface area contributed by atoms with E-state index in [2.05, 4.69) is 6.07 Å². The van der Waals surface area contributed by atoms with E-state index in [1.54, 1.807) is 0 Å². The fraction of sp³-hybridized carbons (Fsp3) is 0.714. The van der Waals surface area contributed by atoms with Crippen LogP contribution in [0.15, 0.2) is 0 Å². The van der Waals surface area contributed by atoms with Gasteiger partial charge in [0.05, 0.1) is 12.0 Å². The van der Waals surface area contributed by atoms with Crippen LogP contribution < -0.4 is 0 Å². The second-order valence-corrected chi connectivity index (χ2v) is 2.15. The molecule has 0 saturated carbocycles. The molecule has 1 nitrogen and oxygen atoms in total. The Morgan fingerprint density at radius 3 is 2.12 bits per heavy atom. The van der Waals surface area contributed by atoms with Gasteiger partial charge in [-0.15, -0.1) is 0 Å². The van der Waals surface area contributed by atoms with Gasteiger partial charge in [-0.1, -0.05) is 20.8 Å². The lowest BCUT2D eigenvalue weighted by atomic mass is 9.95. The molecule has 0 amide bonds. The highest BCUT2D eigenvalue weighted by Gasteiger charge is 2.08. The largest absolute Gasteiger partial charge is 0.198 e. The van der Waals surface area contributed by atoms with Crippen LogP contribution in [0.2, 0.25) is 0 Å². The Morgan fingerprint density at radius 2 is 2.12 bits per heavy atom. The van der Waals surface area contributed by atoms with E-state index in [1.807, 2.05) is 20.8 Å². The van der Waals surface area contributed by atoms with E-state index in [9.17, 15) is 0 Å². The van der Waals surface area contributed by atoms with Gasteiger partial charge >= 0.3 is 0 Å². The van der Waals surface area contributed by atoms with E-state index in [0.717, 1.165) is 12.3 Å². The van der Waals surface area contributed by atoms with Gasteiger partial charge in [-0.25, -0.2) is 0 Å². The highest BCUT2D eigenvalue weighted by atomic mass is 14.3. The van der Waals surface area contributed by atoms with Gasteiger partial charge in [-0.2, -0.15) is 5.26 Å². The summed E-state index contributed by atoms with van der Waals surface area (Å²) in [6, 6.07) is 2.17. The van der Waals surface area contributed by atoms with Gasteiger partial charge in [0.25, 0.3) is 0 Å². The molecule has 0 aromatic carbocycles. The van der Waals surface area contributed by atoms with Gasteiger partial charge in [0.2, 0.25) is 0 Å². The molecule has 45 valence electrons. The Labute approximate surface area is 51.3 Å². The summed E-state index contributed by atoms with van der Waals surface area (Å²) in [5, 5.41) is 8.41. The van der Waals surface area contributed by atoms with Crippen molar-refractivity contribution in [1.29, 1.82) is 5.26 Å². The third-order valence-corrected chi connectivity index (χ3v) is 1.22. The minimum atomic E-state index is 0.435. The number of hydrogen-bond donors (Lipinski definition) is 0. The molecule has 0 fully saturated rings. The molecule has 8 heavy (non-hydrogen) atoms. The molecule has 0 bridgehead atoms. The summed E-state index contributed by atoms with van der Waals surface area (Å²) < 4.78 is 0. The summed E-state index contributed by atoms with van der Waals surface area (Å²) in [7, 11) is 0. The zero-order chi connectivity index (χ0) is 6.57. The van der Waals surface area contributed by atoms with Crippen molar-refractivity contribution < 1.29 is 0 Å². The van der Waals surface area contributed by atoms with E-state index in [-0.39, 0.29) is 0 Å². The average molecular weight is 110 g/mol. The maximum absolute atomic E-state index is 8.41. The SMILES string of the molecule is CC[C](C#N)C(C)C. The lowest BCUT2D eigenvalue weighted by Crippen LogP contribution is -2.00. The highest BCUT2D eigenvalue weighted by Crippen LogP contribution is 2.14. The van der Waals surface area contributed by atoms with Crippen molar-refractivity contribution in [3.63, 3.8) is 0 Å². The Balaban J connectivity index is 3.57. The van der Waals surface area contributed by atoms with Crippen LogP contribution >= 0.6 is 0 Å².